The molecule has 3 rings (SSSR count). The van der Waals surface area contributed by atoms with Crippen molar-refractivity contribution in [3.05, 3.63) is 93.5 Å². The molecule has 0 heterocycles. The maximum Gasteiger partial charge on any atom is 0.337 e. The standard InChI is InChI=1S/C21H18N4O6S/c1-14-6-2-3-7-15(14)13-22-23-19-11-10-16(25(28)29)12-20(19)32(30,31)24-18-9-5-4-8-17(18)21(26)27/h2-13,23-24H,1H3,(H,26,27). The molecule has 0 aliphatic carbocycles. The second kappa shape index (κ2) is 9.27. The van der Waals surface area contributed by atoms with E-state index in [-0.39, 0.29) is 16.9 Å². The zero-order chi connectivity index (χ0) is 23.3. The third-order valence-electron chi connectivity index (χ3n) is 4.44. The van der Waals surface area contributed by atoms with Crippen LogP contribution in [0.25, 0.3) is 0 Å². The predicted octanol–water partition coefficient (Wildman–Crippen LogP) is 3.85. The molecule has 0 bridgehead atoms. The Morgan fingerprint density at radius 1 is 1.06 bits per heavy atom. The van der Waals surface area contributed by atoms with Crippen molar-refractivity contribution in [2.45, 2.75) is 11.8 Å². The number of hydrogen-bond donors (Lipinski definition) is 3. The molecule has 3 aromatic rings. The molecule has 0 fully saturated rings. The summed E-state index contributed by atoms with van der Waals surface area (Å²) in [6.07, 6.45) is 1.49. The lowest BCUT2D eigenvalue weighted by Gasteiger charge is -2.13. The monoisotopic (exact) mass is 454 g/mol. The molecule has 0 unspecified atom stereocenters. The molecule has 164 valence electrons. The van der Waals surface area contributed by atoms with Crippen LogP contribution in [0.1, 0.15) is 21.5 Å². The number of nitrogens with one attached hydrogen (secondary N) is 2. The highest BCUT2D eigenvalue weighted by molar-refractivity contribution is 7.93. The van der Waals surface area contributed by atoms with Gasteiger partial charge >= 0.3 is 5.97 Å². The van der Waals surface area contributed by atoms with Gasteiger partial charge in [0.2, 0.25) is 0 Å². The van der Waals surface area contributed by atoms with Crippen molar-refractivity contribution < 1.29 is 23.2 Å². The lowest BCUT2D eigenvalue weighted by Crippen LogP contribution is -2.17. The van der Waals surface area contributed by atoms with Gasteiger partial charge in [-0.3, -0.25) is 20.3 Å². The number of carbonyl (C=O) groups is 1. The molecule has 11 heteroatoms. The van der Waals surface area contributed by atoms with E-state index < -0.39 is 31.5 Å². The van der Waals surface area contributed by atoms with E-state index in [2.05, 4.69) is 15.2 Å². The SMILES string of the molecule is Cc1ccccc1C=NNc1ccc([N+](=O)[O-])cc1S(=O)(=O)Nc1ccccc1C(=O)O. The molecule has 3 aromatic carbocycles. The molecule has 0 aliphatic rings. The maximum absolute atomic E-state index is 13.0. The molecule has 0 amide bonds. The number of anilines is 2. The first-order valence-corrected chi connectivity index (χ1v) is 10.7. The van der Waals surface area contributed by atoms with E-state index in [1.807, 2.05) is 31.2 Å². The van der Waals surface area contributed by atoms with E-state index in [9.17, 15) is 28.4 Å². The van der Waals surface area contributed by atoms with Crippen molar-refractivity contribution in [3.63, 3.8) is 0 Å². The van der Waals surface area contributed by atoms with E-state index in [0.717, 1.165) is 23.3 Å². The van der Waals surface area contributed by atoms with Crippen LogP contribution in [-0.4, -0.2) is 30.6 Å². The topological polar surface area (TPSA) is 151 Å². The van der Waals surface area contributed by atoms with Crippen LogP contribution in [0.2, 0.25) is 0 Å². The van der Waals surface area contributed by atoms with Gasteiger partial charge in [0.1, 0.15) is 4.90 Å². The summed E-state index contributed by atoms with van der Waals surface area (Å²) in [6.45, 7) is 1.88. The number of nitro benzene ring substituents is 1. The number of para-hydroxylation sites is 1. The lowest BCUT2D eigenvalue weighted by atomic mass is 10.1. The van der Waals surface area contributed by atoms with Crippen molar-refractivity contribution >= 4 is 39.3 Å². The number of carboxylic acids is 1. The highest BCUT2D eigenvalue weighted by Gasteiger charge is 2.24. The second-order valence-electron chi connectivity index (χ2n) is 6.62. The van der Waals surface area contributed by atoms with Crippen molar-refractivity contribution in [1.29, 1.82) is 0 Å². The molecule has 32 heavy (non-hydrogen) atoms. The van der Waals surface area contributed by atoms with Gasteiger partial charge in [0.15, 0.2) is 0 Å². The number of hydrogen-bond acceptors (Lipinski definition) is 7. The van der Waals surface area contributed by atoms with Gasteiger partial charge in [-0.05, 0) is 36.2 Å². The van der Waals surface area contributed by atoms with Gasteiger partial charge in [0.05, 0.1) is 28.1 Å². The zero-order valence-corrected chi connectivity index (χ0v) is 17.5. The molecule has 0 saturated heterocycles. The summed E-state index contributed by atoms with van der Waals surface area (Å²) in [6, 6.07) is 16.0. The number of nitrogens with zero attached hydrogens (tertiary/aromatic N) is 2. The Balaban J connectivity index is 2.00. The zero-order valence-electron chi connectivity index (χ0n) is 16.7. The molecule has 0 spiro atoms. The van der Waals surface area contributed by atoms with Crippen molar-refractivity contribution in [1.82, 2.24) is 0 Å². The highest BCUT2D eigenvalue weighted by Crippen LogP contribution is 2.29. The Morgan fingerprint density at radius 2 is 1.75 bits per heavy atom. The van der Waals surface area contributed by atoms with E-state index in [0.29, 0.717) is 0 Å². The first kappa shape index (κ1) is 22.4. The van der Waals surface area contributed by atoms with E-state index in [1.165, 1.54) is 36.5 Å². The third kappa shape index (κ3) is 5.08. The van der Waals surface area contributed by atoms with Gasteiger partial charge in [-0.25, -0.2) is 13.2 Å². The van der Waals surface area contributed by atoms with Gasteiger partial charge in [0, 0.05) is 12.1 Å². The molecule has 10 nitrogen and oxygen atoms in total. The number of non-ortho nitro benzene ring substituents is 1. The molecule has 0 aliphatic heterocycles. The van der Waals surface area contributed by atoms with Crippen LogP contribution in [0.4, 0.5) is 17.1 Å². The number of aryl methyl sites for hydroxylation is 1. The number of nitro groups is 1. The Labute approximate surface area is 183 Å². The lowest BCUT2D eigenvalue weighted by molar-refractivity contribution is -0.385. The van der Waals surface area contributed by atoms with E-state index >= 15 is 0 Å². The smallest absolute Gasteiger partial charge is 0.337 e. The van der Waals surface area contributed by atoms with Crippen LogP contribution < -0.4 is 10.1 Å². The molecule has 0 aromatic heterocycles. The van der Waals surface area contributed by atoms with E-state index in [4.69, 9.17) is 0 Å². The fraction of sp³-hybridized carbons (Fsp3) is 0.0476. The average Bonchev–Trinajstić information content (AvgIpc) is 2.75. The fourth-order valence-corrected chi connectivity index (χ4v) is 4.06. The summed E-state index contributed by atoms with van der Waals surface area (Å²) < 4.78 is 28.3. The summed E-state index contributed by atoms with van der Waals surface area (Å²) in [4.78, 5) is 21.4. The summed E-state index contributed by atoms with van der Waals surface area (Å²) in [5, 5.41) is 24.5. The minimum atomic E-state index is -4.41. The third-order valence-corrected chi connectivity index (χ3v) is 5.85. The van der Waals surface area contributed by atoms with Gasteiger partial charge in [0.25, 0.3) is 15.7 Å². The Hall–Kier alpha value is -4.25. The summed E-state index contributed by atoms with van der Waals surface area (Å²) in [5.74, 6) is -1.33. The van der Waals surface area contributed by atoms with Gasteiger partial charge in [-0.1, -0.05) is 36.4 Å². The van der Waals surface area contributed by atoms with Gasteiger partial charge in [-0.15, -0.1) is 0 Å². The Kier molecular flexibility index (Phi) is 6.50. The van der Waals surface area contributed by atoms with Crippen molar-refractivity contribution in [3.8, 4) is 0 Å². The minimum absolute atomic E-state index is 0.0271. The second-order valence-corrected chi connectivity index (χ2v) is 8.27. The Morgan fingerprint density at radius 3 is 2.44 bits per heavy atom. The molecule has 0 atom stereocenters. The minimum Gasteiger partial charge on any atom is -0.478 e. The first-order valence-electron chi connectivity index (χ1n) is 9.17. The number of carboxylic acid groups (broad SMARTS) is 1. The molecule has 3 N–H and O–H groups in total. The Bertz CT molecular complexity index is 1320. The fourth-order valence-electron chi connectivity index (χ4n) is 2.80. The number of rotatable bonds is 8. The predicted molar refractivity (Wildman–Crippen MR) is 120 cm³/mol. The van der Waals surface area contributed by atoms with Gasteiger partial charge in [-0.2, -0.15) is 5.10 Å². The molecular weight excluding hydrogens is 436 g/mol. The summed E-state index contributed by atoms with van der Waals surface area (Å²) in [7, 11) is -4.41. The number of hydrazone groups is 1. The van der Waals surface area contributed by atoms with Crippen LogP contribution in [0.15, 0.2) is 76.7 Å². The van der Waals surface area contributed by atoms with Crippen LogP contribution >= 0.6 is 0 Å². The summed E-state index contributed by atoms with van der Waals surface area (Å²) in [5.41, 5.74) is 3.40. The van der Waals surface area contributed by atoms with Crippen LogP contribution in [0, 0.1) is 17.0 Å². The molecule has 0 radical (unpaired) electrons. The molecule has 0 saturated carbocycles. The van der Waals surface area contributed by atoms with Crippen LogP contribution in [0.3, 0.4) is 0 Å². The van der Waals surface area contributed by atoms with Crippen LogP contribution in [-0.2, 0) is 10.0 Å². The number of benzene rings is 3. The quantitative estimate of drug-likeness (QED) is 0.266. The van der Waals surface area contributed by atoms with Crippen LogP contribution in [0.5, 0.6) is 0 Å². The van der Waals surface area contributed by atoms with E-state index in [1.54, 1.807) is 0 Å². The van der Waals surface area contributed by atoms with Crippen molar-refractivity contribution in [2.75, 3.05) is 10.1 Å². The molecular formula is C21H18N4O6S. The maximum atomic E-state index is 13.0. The summed E-state index contributed by atoms with van der Waals surface area (Å²) >= 11 is 0. The first-order chi connectivity index (χ1) is 15.2. The van der Waals surface area contributed by atoms with Crippen molar-refractivity contribution in [2.24, 2.45) is 5.10 Å². The van der Waals surface area contributed by atoms with Gasteiger partial charge < -0.3 is 5.11 Å². The average molecular weight is 454 g/mol. The number of sulfonamides is 1. The number of aromatic carboxylic acids is 1. The largest absolute Gasteiger partial charge is 0.478 e. The normalized spacial score (nSPS) is 11.3. The highest BCUT2D eigenvalue weighted by atomic mass is 32.2.